The van der Waals surface area contributed by atoms with Gasteiger partial charge in [-0.2, -0.15) is 17.2 Å². The quantitative estimate of drug-likeness (QED) is 0.286. The first-order valence-electron chi connectivity index (χ1n) is 5.87. The standard InChI is InChI=1S/C12H10F2I2O7S/c1-2-6-3-7(15)11(10(18)9(6)16)22-4-8(17)23-5-12(13,14)24(19,20)21/h2-3,18H,1,4-5H2,(H,19,20,21). The fraction of sp³-hybridized carbons (Fsp3) is 0.250. The van der Waals surface area contributed by atoms with Crippen molar-refractivity contribution in [3.63, 3.8) is 0 Å². The highest BCUT2D eigenvalue weighted by Gasteiger charge is 2.45. The van der Waals surface area contributed by atoms with Gasteiger partial charge in [0.25, 0.3) is 0 Å². The zero-order chi connectivity index (χ0) is 18.7. The van der Waals surface area contributed by atoms with Crippen LogP contribution < -0.4 is 4.74 Å². The van der Waals surface area contributed by atoms with Crippen molar-refractivity contribution in [3.05, 3.63) is 25.3 Å². The van der Waals surface area contributed by atoms with Gasteiger partial charge < -0.3 is 14.6 Å². The van der Waals surface area contributed by atoms with Crippen molar-refractivity contribution in [1.82, 2.24) is 0 Å². The van der Waals surface area contributed by atoms with E-state index in [1.54, 1.807) is 6.07 Å². The van der Waals surface area contributed by atoms with Gasteiger partial charge in [-0.1, -0.05) is 12.7 Å². The first-order chi connectivity index (χ1) is 10.9. The number of phenolic OH excluding ortho intramolecular Hbond substituents is 1. The molecular formula is C12H10F2I2O7S. The maximum Gasteiger partial charge on any atom is 0.402 e. The van der Waals surface area contributed by atoms with Crippen LogP contribution in [0.5, 0.6) is 11.5 Å². The SMILES string of the molecule is C=Cc1cc(I)c(OCC(=O)OCC(F)(F)S(=O)(=O)O)c(O)c1I. The zero-order valence-corrected chi connectivity index (χ0v) is 16.8. The number of hydrogen-bond acceptors (Lipinski definition) is 6. The van der Waals surface area contributed by atoms with Crippen molar-refractivity contribution in [2.75, 3.05) is 13.2 Å². The minimum Gasteiger partial charge on any atom is -0.503 e. The molecule has 0 aliphatic rings. The maximum absolute atomic E-state index is 12.9. The molecule has 0 aromatic heterocycles. The molecule has 0 bridgehead atoms. The molecule has 1 rings (SSSR count). The highest BCUT2D eigenvalue weighted by atomic mass is 127. The Kier molecular flexibility index (Phi) is 7.18. The van der Waals surface area contributed by atoms with E-state index >= 15 is 0 Å². The molecule has 0 amide bonds. The number of rotatable bonds is 7. The van der Waals surface area contributed by atoms with E-state index in [-0.39, 0.29) is 11.5 Å². The lowest BCUT2D eigenvalue weighted by atomic mass is 10.2. The van der Waals surface area contributed by atoms with Crippen molar-refractivity contribution < 1.29 is 41.1 Å². The van der Waals surface area contributed by atoms with Gasteiger partial charge in [0.15, 0.2) is 24.7 Å². The van der Waals surface area contributed by atoms with Crippen molar-refractivity contribution >= 4 is 67.3 Å². The van der Waals surface area contributed by atoms with E-state index in [4.69, 9.17) is 9.29 Å². The Hall–Kier alpha value is -0.740. The number of alkyl halides is 2. The summed E-state index contributed by atoms with van der Waals surface area (Å²) in [5, 5.41) is 5.37. The molecule has 24 heavy (non-hydrogen) atoms. The fourth-order valence-corrected chi connectivity index (χ4v) is 2.89. The zero-order valence-electron chi connectivity index (χ0n) is 11.6. The minimum absolute atomic E-state index is 0.0657. The van der Waals surface area contributed by atoms with Crippen LogP contribution in [0.15, 0.2) is 12.6 Å². The minimum atomic E-state index is -5.69. The van der Waals surface area contributed by atoms with E-state index in [2.05, 4.69) is 11.3 Å². The molecule has 12 heteroatoms. The Balaban J connectivity index is 2.76. The van der Waals surface area contributed by atoms with Crippen molar-refractivity contribution in [2.24, 2.45) is 0 Å². The number of phenols is 1. The predicted molar refractivity (Wildman–Crippen MR) is 96.6 cm³/mol. The van der Waals surface area contributed by atoms with Crippen LogP contribution in [0.25, 0.3) is 6.08 Å². The number of carbonyl (C=O) groups is 1. The van der Waals surface area contributed by atoms with Crippen molar-refractivity contribution in [2.45, 2.75) is 5.25 Å². The van der Waals surface area contributed by atoms with E-state index in [9.17, 15) is 27.1 Å². The molecule has 0 saturated heterocycles. The van der Waals surface area contributed by atoms with E-state index in [0.717, 1.165) is 0 Å². The lowest BCUT2D eigenvalue weighted by Crippen LogP contribution is -2.35. The molecule has 0 saturated carbocycles. The van der Waals surface area contributed by atoms with Crippen LogP contribution in [0.2, 0.25) is 0 Å². The molecule has 0 spiro atoms. The normalized spacial score (nSPS) is 11.9. The second-order valence-electron chi connectivity index (χ2n) is 4.21. The van der Waals surface area contributed by atoms with Crippen LogP contribution in [0.1, 0.15) is 5.56 Å². The van der Waals surface area contributed by atoms with Gasteiger partial charge in [0.2, 0.25) is 0 Å². The Morgan fingerprint density at radius 3 is 2.50 bits per heavy atom. The predicted octanol–water partition coefficient (Wildman–Crippen LogP) is 2.65. The number of ether oxygens (including phenoxy) is 2. The van der Waals surface area contributed by atoms with Crippen LogP contribution in [-0.2, 0) is 19.6 Å². The molecule has 0 aliphatic carbocycles. The average Bonchev–Trinajstić information content (AvgIpc) is 2.47. The molecule has 0 heterocycles. The van der Waals surface area contributed by atoms with Crippen LogP contribution in [0.3, 0.4) is 0 Å². The highest BCUT2D eigenvalue weighted by Crippen LogP contribution is 2.38. The number of benzene rings is 1. The molecule has 0 radical (unpaired) electrons. The molecular weight excluding hydrogens is 580 g/mol. The number of carbonyl (C=O) groups excluding carboxylic acids is 1. The monoisotopic (exact) mass is 590 g/mol. The summed E-state index contributed by atoms with van der Waals surface area (Å²) in [6, 6.07) is 1.61. The largest absolute Gasteiger partial charge is 0.503 e. The molecule has 7 nitrogen and oxygen atoms in total. The highest BCUT2D eigenvalue weighted by molar-refractivity contribution is 14.1. The summed E-state index contributed by atoms with van der Waals surface area (Å²) in [5.41, 5.74) is 0.625. The molecule has 1 aromatic carbocycles. The van der Waals surface area contributed by atoms with Gasteiger partial charge in [0.05, 0.1) is 7.14 Å². The Labute approximate surface area is 163 Å². The molecule has 2 N–H and O–H groups in total. The Bertz CT molecular complexity index is 765. The number of aromatic hydroxyl groups is 1. The van der Waals surface area contributed by atoms with Crippen molar-refractivity contribution in [3.8, 4) is 11.5 Å². The summed E-state index contributed by atoms with van der Waals surface area (Å²) in [6.07, 6.45) is 1.50. The van der Waals surface area contributed by atoms with Gasteiger partial charge in [-0.3, -0.25) is 4.55 Å². The second-order valence-corrected chi connectivity index (χ2v) is 7.99. The molecule has 0 fully saturated rings. The van der Waals surface area contributed by atoms with Gasteiger partial charge in [-0.15, -0.1) is 0 Å². The third-order valence-corrected chi connectivity index (χ3v) is 5.32. The summed E-state index contributed by atoms with van der Waals surface area (Å²) < 4.78 is 64.8. The van der Waals surface area contributed by atoms with Gasteiger partial charge in [-0.05, 0) is 56.8 Å². The van der Waals surface area contributed by atoms with Crippen LogP contribution in [0.4, 0.5) is 8.78 Å². The van der Waals surface area contributed by atoms with E-state index in [1.807, 2.05) is 45.2 Å². The van der Waals surface area contributed by atoms with Gasteiger partial charge >= 0.3 is 21.3 Å². The molecule has 134 valence electrons. The number of hydrogen-bond donors (Lipinski definition) is 2. The van der Waals surface area contributed by atoms with Crippen molar-refractivity contribution in [1.29, 1.82) is 0 Å². The third-order valence-electron chi connectivity index (χ3n) is 2.51. The lowest BCUT2D eigenvalue weighted by molar-refractivity contribution is -0.152. The molecule has 0 aliphatic heterocycles. The van der Waals surface area contributed by atoms with Crippen LogP contribution in [-0.4, -0.2) is 42.5 Å². The maximum atomic E-state index is 12.9. The first kappa shape index (κ1) is 21.3. The number of esters is 1. The molecule has 1 aromatic rings. The van der Waals surface area contributed by atoms with E-state index in [1.165, 1.54) is 6.08 Å². The summed E-state index contributed by atoms with van der Waals surface area (Å²) in [6.45, 7) is 0.861. The summed E-state index contributed by atoms with van der Waals surface area (Å²) in [4.78, 5) is 11.4. The van der Waals surface area contributed by atoms with Gasteiger partial charge in [0, 0.05) is 0 Å². The van der Waals surface area contributed by atoms with E-state index in [0.29, 0.717) is 12.7 Å². The number of halogens is 4. The molecule has 0 unspecified atom stereocenters. The smallest absolute Gasteiger partial charge is 0.402 e. The van der Waals surface area contributed by atoms with Crippen LogP contribution >= 0.6 is 45.2 Å². The third kappa shape index (κ3) is 5.13. The summed E-state index contributed by atoms with van der Waals surface area (Å²) in [7, 11) is -5.69. The first-order valence-corrected chi connectivity index (χ1v) is 9.47. The average molecular weight is 590 g/mol. The fourth-order valence-electron chi connectivity index (χ4n) is 1.31. The lowest BCUT2D eigenvalue weighted by Gasteiger charge is -2.15. The van der Waals surface area contributed by atoms with Gasteiger partial charge in [0.1, 0.15) is 0 Å². The molecule has 0 atom stereocenters. The summed E-state index contributed by atoms with van der Waals surface area (Å²) >= 11 is 3.65. The topological polar surface area (TPSA) is 110 Å². The van der Waals surface area contributed by atoms with Crippen LogP contribution in [0, 0.1) is 7.14 Å². The second kappa shape index (κ2) is 8.09. The Morgan fingerprint density at radius 1 is 1.42 bits per heavy atom. The summed E-state index contributed by atoms with van der Waals surface area (Å²) in [5.74, 6) is -1.64. The van der Waals surface area contributed by atoms with Gasteiger partial charge in [-0.25, -0.2) is 4.79 Å². The Morgan fingerprint density at radius 2 is 2.00 bits per heavy atom. The van der Waals surface area contributed by atoms with E-state index < -0.39 is 34.6 Å².